The SMILES string of the molecule is CNC(=S)n1nc(-c2cc(Cl)c(Cl)cc2C(=O)O)nc1N. The van der Waals surface area contributed by atoms with Gasteiger partial charge in [-0.15, -0.1) is 5.10 Å². The van der Waals surface area contributed by atoms with Gasteiger partial charge in [-0.2, -0.15) is 9.67 Å². The largest absolute Gasteiger partial charge is 0.478 e. The lowest BCUT2D eigenvalue weighted by atomic mass is 10.1. The first kappa shape index (κ1) is 15.5. The van der Waals surface area contributed by atoms with Crippen LogP contribution in [0.3, 0.4) is 0 Å². The Kier molecular flexibility index (Phi) is 4.31. The van der Waals surface area contributed by atoms with Gasteiger partial charge in [0.2, 0.25) is 5.95 Å². The van der Waals surface area contributed by atoms with E-state index in [0.29, 0.717) is 0 Å². The van der Waals surface area contributed by atoms with Crippen molar-refractivity contribution in [3.8, 4) is 11.4 Å². The molecule has 1 aromatic carbocycles. The molecule has 0 aliphatic carbocycles. The molecule has 0 saturated heterocycles. The zero-order chi connectivity index (χ0) is 15.7. The topological polar surface area (TPSA) is 106 Å². The predicted octanol–water partition coefficient (Wildman–Crippen LogP) is 1.88. The van der Waals surface area contributed by atoms with Gasteiger partial charge in [0.25, 0.3) is 0 Å². The quantitative estimate of drug-likeness (QED) is 0.713. The second-order valence-electron chi connectivity index (χ2n) is 3.88. The van der Waals surface area contributed by atoms with Gasteiger partial charge in [0.1, 0.15) is 0 Å². The van der Waals surface area contributed by atoms with E-state index in [-0.39, 0.29) is 38.1 Å². The first-order valence-corrected chi connectivity index (χ1v) is 6.69. The van der Waals surface area contributed by atoms with Crippen LogP contribution in [0.4, 0.5) is 5.95 Å². The van der Waals surface area contributed by atoms with Gasteiger partial charge >= 0.3 is 5.97 Å². The summed E-state index contributed by atoms with van der Waals surface area (Å²) < 4.78 is 1.18. The Morgan fingerprint density at radius 3 is 2.62 bits per heavy atom. The van der Waals surface area contributed by atoms with E-state index in [2.05, 4.69) is 15.4 Å². The number of halogens is 2. The number of aromatic nitrogens is 3. The standard InChI is InChI=1S/C11H9Cl2N5O2S/c1-15-11(21)18-10(14)16-8(17-18)4-2-6(12)7(13)3-5(4)9(19)20/h2-3H,1H3,(H,15,21)(H,19,20)(H2,14,16,17). The second-order valence-corrected chi connectivity index (χ2v) is 5.08. The minimum Gasteiger partial charge on any atom is -0.478 e. The molecule has 0 spiro atoms. The Morgan fingerprint density at radius 2 is 2.05 bits per heavy atom. The van der Waals surface area contributed by atoms with Crippen molar-refractivity contribution in [3.63, 3.8) is 0 Å². The summed E-state index contributed by atoms with van der Waals surface area (Å²) in [6, 6.07) is 2.60. The number of hydrogen-bond acceptors (Lipinski definition) is 5. The summed E-state index contributed by atoms with van der Waals surface area (Å²) in [7, 11) is 1.60. The van der Waals surface area contributed by atoms with E-state index >= 15 is 0 Å². The summed E-state index contributed by atoms with van der Waals surface area (Å²) in [5, 5.41) is 16.5. The number of aromatic carboxylic acids is 1. The average Bonchev–Trinajstić information content (AvgIpc) is 2.82. The van der Waals surface area contributed by atoms with Gasteiger partial charge in [-0.3, -0.25) is 0 Å². The van der Waals surface area contributed by atoms with Crippen molar-refractivity contribution in [2.75, 3.05) is 12.8 Å². The van der Waals surface area contributed by atoms with Crippen molar-refractivity contribution >= 4 is 52.4 Å². The summed E-state index contributed by atoms with van der Waals surface area (Å²) in [6.45, 7) is 0. The number of hydrogen-bond donors (Lipinski definition) is 3. The first-order chi connectivity index (χ1) is 9.85. The molecule has 0 fully saturated rings. The Bertz CT molecular complexity index is 746. The van der Waals surface area contributed by atoms with Crippen molar-refractivity contribution in [2.45, 2.75) is 0 Å². The normalized spacial score (nSPS) is 10.4. The van der Waals surface area contributed by atoms with Gasteiger partial charge in [-0.1, -0.05) is 23.2 Å². The molecule has 1 heterocycles. The number of nitrogens with zero attached hydrogens (tertiary/aromatic N) is 3. The fourth-order valence-corrected chi connectivity index (χ4v) is 2.06. The van der Waals surface area contributed by atoms with Crippen LogP contribution in [0.1, 0.15) is 10.4 Å². The zero-order valence-corrected chi connectivity index (χ0v) is 12.9. The Labute approximate surface area is 134 Å². The number of carboxylic acids is 1. The van der Waals surface area contributed by atoms with Crippen molar-refractivity contribution in [1.29, 1.82) is 0 Å². The molecule has 21 heavy (non-hydrogen) atoms. The molecule has 4 N–H and O–H groups in total. The fraction of sp³-hybridized carbons (Fsp3) is 0.0909. The molecule has 1 aromatic heterocycles. The van der Waals surface area contributed by atoms with E-state index in [1.807, 2.05) is 0 Å². The molecule has 0 radical (unpaired) electrons. The molecule has 0 atom stereocenters. The summed E-state index contributed by atoms with van der Waals surface area (Å²) in [5.74, 6) is -1.08. The molecular weight excluding hydrogens is 337 g/mol. The van der Waals surface area contributed by atoms with Crippen molar-refractivity contribution < 1.29 is 9.90 Å². The second kappa shape index (κ2) is 5.84. The molecule has 0 aliphatic heterocycles. The zero-order valence-electron chi connectivity index (χ0n) is 10.6. The van der Waals surface area contributed by atoms with Gasteiger partial charge in [0.05, 0.1) is 15.6 Å². The van der Waals surface area contributed by atoms with Crippen LogP contribution in [0.2, 0.25) is 10.0 Å². The minimum atomic E-state index is -1.19. The van der Waals surface area contributed by atoms with Crippen molar-refractivity contribution in [3.05, 3.63) is 27.7 Å². The molecule has 7 nitrogen and oxygen atoms in total. The number of benzene rings is 1. The average molecular weight is 346 g/mol. The highest BCUT2D eigenvalue weighted by Gasteiger charge is 2.20. The highest BCUT2D eigenvalue weighted by molar-refractivity contribution is 7.80. The molecule has 0 aliphatic rings. The van der Waals surface area contributed by atoms with Crippen LogP contribution in [-0.2, 0) is 0 Å². The van der Waals surface area contributed by atoms with E-state index < -0.39 is 5.97 Å². The van der Waals surface area contributed by atoms with Gasteiger partial charge < -0.3 is 16.2 Å². The maximum Gasteiger partial charge on any atom is 0.336 e. The van der Waals surface area contributed by atoms with Crippen LogP contribution in [-0.4, -0.2) is 38.0 Å². The Hall–Kier alpha value is -1.90. The van der Waals surface area contributed by atoms with Gasteiger partial charge in [0.15, 0.2) is 10.9 Å². The van der Waals surface area contributed by atoms with Crippen LogP contribution >= 0.6 is 35.4 Å². The van der Waals surface area contributed by atoms with E-state index in [1.54, 1.807) is 7.05 Å². The lowest BCUT2D eigenvalue weighted by Gasteiger charge is -2.05. The molecular formula is C11H9Cl2N5O2S. The number of nitrogens with one attached hydrogen (secondary N) is 1. The lowest BCUT2D eigenvalue weighted by molar-refractivity contribution is 0.0697. The number of thiocarbonyl (C=S) groups is 1. The van der Waals surface area contributed by atoms with Crippen molar-refractivity contribution in [1.82, 2.24) is 20.1 Å². The molecule has 2 aromatic rings. The summed E-state index contributed by atoms with van der Waals surface area (Å²) in [4.78, 5) is 15.3. The molecule has 0 bridgehead atoms. The maximum atomic E-state index is 11.3. The van der Waals surface area contributed by atoms with Gasteiger partial charge in [-0.25, -0.2) is 4.79 Å². The van der Waals surface area contributed by atoms with E-state index in [0.717, 1.165) is 0 Å². The summed E-state index contributed by atoms with van der Waals surface area (Å²) in [6.07, 6.45) is 0. The molecule has 0 unspecified atom stereocenters. The minimum absolute atomic E-state index is 0.0201. The van der Waals surface area contributed by atoms with Crippen LogP contribution in [0, 0.1) is 0 Å². The number of nitrogens with two attached hydrogens (primary N) is 1. The molecule has 0 amide bonds. The highest BCUT2D eigenvalue weighted by atomic mass is 35.5. The smallest absolute Gasteiger partial charge is 0.336 e. The maximum absolute atomic E-state index is 11.3. The highest BCUT2D eigenvalue weighted by Crippen LogP contribution is 2.31. The molecule has 0 saturated carbocycles. The number of nitrogen functional groups attached to an aromatic ring is 1. The van der Waals surface area contributed by atoms with Gasteiger partial charge in [0, 0.05) is 12.6 Å². The van der Waals surface area contributed by atoms with Crippen LogP contribution < -0.4 is 11.1 Å². The van der Waals surface area contributed by atoms with Crippen molar-refractivity contribution in [2.24, 2.45) is 0 Å². The number of carbonyl (C=O) groups is 1. The first-order valence-electron chi connectivity index (χ1n) is 5.52. The fourth-order valence-electron chi connectivity index (χ4n) is 1.60. The van der Waals surface area contributed by atoms with E-state index in [4.69, 9.17) is 41.2 Å². The number of anilines is 1. The van der Waals surface area contributed by atoms with Crippen LogP contribution in [0.5, 0.6) is 0 Å². The van der Waals surface area contributed by atoms with Crippen LogP contribution in [0.15, 0.2) is 12.1 Å². The van der Waals surface area contributed by atoms with Gasteiger partial charge in [-0.05, 0) is 24.4 Å². The van der Waals surface area contributed by atoms with E-state index in [1.165, 1.54) is 16.8 Å². The Balaban J connectivity index is 2.64. The number of carboxylic acid groups (broad SMARTS) is 1. The third-order valence-electron chi connectivity index (χ3n) is 2.57. The monoisotopic (exact) mass is 345 g/mol. The van der Waals surface area contributed by atoms with Crippen LogP contribution in [0.25, 0.3) is 11.4 Å². The summed E-state index contributed by atoms with van der Waals surface area (Å²) >= 11 is 16.8. The molecule has 2 rings (SSSR count). The summed E-state index contributed by atoms with van der Waals surface area (Å²) in [5.41, 5.74) is 5.81. The third kappa shape index (κ3) is 2.92. The predicted molar refractivity (Wildman–Crippen MR) is 83.9 cm³/mol. The Morgan fingerprint density at radius 1 is 1.43 bits per heavy atom. The third-order valence-corrected chi connectivity index (χ3v) is 3.67. The molecule has 110 valence electrons. The molecule has 10 heteroatoms. The van der Waals surface area contributed by atoms with E-state index in [9.17, 15) is 9.90 Å². The lowest BCUT2D eigenvalue weighted by Crippen LogP contribution is -2.26. The number of rotatable bonds is 2.